The normalized spacial score (nSPS) is 16.5. The summed E-state index contributed by atoms with van der Waals surface area (Å²) in [4.78, 5) is 11.3. The van der Waals surface area contributed by atoms with Crippen LogP contribution in [0.15, 0.2) is 18.2 Å². The Kier molecular flexibility index (Phi) is 4.20. The number of phenols is 1. The van der Waals surface area contributed by atoms with Gasteiger partial charge in [0.05, 0.1) is 6.61 Å². The number of Topliss-reactive ketones (excluding diaryl/α,β-unsaturated/α-hetero) is 1. The monoisotopic (exact) mass is 250 g/mol. The van der Waals surface area contributed by atoms with Gasteiger partial charge in [-0.25, -0.2) is 0 Å². The highest BCUT2D eigenvalue weighted by Crippen LogP contribution is 2.24. The van der Waals surface area contributed by atoms with E-state index >= 15 is 0 Å². The quantitative estimate of drug-likeness (QED) is 0.834. The van der Waals surface area contributed by atoms with Crippen molar-refractivity contribution in [2.24, 2.45) is 5.92 Å². The maximum absolute atomic E-state index is 11.3. The van der Waals surface area contributed by atoms with Crippen LogP contribution < -0.4 is 4.74 Å². The van der Waals surface area contributed by atoms with Crippen LogP contribution in [0, 0.1) is 5.92 Å². The van der Waals surface area contributed by atoms with E-state index in [0.717, 1.165) is 26.1 Å². The van der Waals surface area contributed by atoms with Gasteiger partial charge in [-0.05, 0) is 37.8 Å². The van der Waals surface area contributed by atoms with E-state index in [4.69, 9.17) is 9.47 Å². The van der Waals surface area contributed by atoms with E-state index in [-0.39, 0.29) is 11.5 Å². The molecule has 4 heteroatoms. The highest BCUT2D eigenvalue weighted by atomic mass is 16.5. The molecule has 1 saturated heterocycles. The maximum Gasteiger partial charge on any atom is 0.160 e. The first kappa shape index (κ1) is 12.9. The molecule has 1 aromatic rings. The third-order valence-electron chi connectivity index (χ3n) is 3.12. The Bertz CT molecular complexity index is 422. The second-order valence-electron chi connectivity index (χ2n) is 4.64. The third kappa shape index (κ3) is 3.47. The zero-order valence-electron chi connectivity index (χ0n) is 10.5. The van der Waals surface area contributed by atoms with Crippen LogP contribution >= 0.6 is 0 Å². The molecule has 1 aromatic carbocycles. The van der Waals surface area contributed by atoms with E-state index in [1.807, 2.05) is 0 Å². The number of hydrogen-bond acceptors (Lipinski definition) is 4. The van der Waals surface area contributed by atoms with Gasteiger partial charge in [0.25, 0.3) is 0 Å². The number of ether oxygens (including phenoxy) is 2. The van der Waals surface area contributed by atoms with E-state index in [0.29, 0.717) is 23.8 Å². The molecule has 4 nitrogen and oxygen atoms in total. The first-order chi connectivity index (χ1) is 8.65. The summed E-state index contributed by atoms with van der Waals surface area (Å²) in [5.74, 6) is 1.01. The summed E-state index contributed by atoms with van der Waals surface area (Å²) in [6.45, 7) is 3.64. The Balaban J connectivity index is 1.97. The number of rotatable bonds is 4. The predicted molar refractivity (Wildman–Crippen MR) is 67.1 cm³/mol. The van der Waals surface area contributed by atoms with Crippen molar-refractivity contribution in [3.8, 4) is 11.5 Å². The molecule has 1 heterocycles. The summed E-state index contributed by atoms with van der Waals surface area (Å²) >= 11 is 0. The lowest BCUT2D eigenvalue weighted by Crippen LogP contribution is -2.21. The van der Waals surface area contributed by atoms with Crippen molar-refractivity contribution in [3.05, 3.63) is 23.8 Å². The first-order valence-electron chi connectivity index (χ1n) is 6.20. The number of phenolic OH excluding ortho intramolecular Hbond substituents is 1. The molecular formula is C14H18O4. The molecule has 2 rings (SSSR count). The van der Waals surface area contributed by atoms with Crippen molar-refractivity contribution in [1.82, 2.24) is 0 Å². The van der Waals surface area contributed by atoms with E-state index in [2.05, 4.69) is 0 Å². The summed E-state index contributed by atoms with van der Waals surface area (Å²) < 4.78 is 10.9. The standard InChI is InChI=1S/C14H18O4/c1-10(15)12-6-13(16)8-14(7-12)18-9-11-2-4-17-5-3-11/h6-8,11,16H,2-5,9H2,1H3. The molecule has 0 amide bonds. The van der Waals surface area contributed by atoms with Gasteiger partial charge in [0.1, 0.15) is 11.5 Å². The Morgan fingerprint density at radius 3 is 2.78 bits per heavy atom. The summed E-state index contributed by atoms with van der Waals surface area (Å²) in [5.41, 5.74) is 0.469. The fourth-order valence-corrected chi connectivity index (χ4v) is 2.00. The van der Waals surface area contributed by atoms with Crippen molar-refractivity contribution in [2.45, 2.75) is 19.8 Å². The fraction of sp³-hybridized carbons (Fsp3) is 0.500. The minimum Gasteiger partial charge on any atom is -0.508 e. The van der Waals surface area contributed by atoms with Crippen LogP contribution in [0.2, 0.25) is 0 Å². The number of carbonyl (C=O) groups is 1. The largest absolute Gasteiger partial charge is 0.508 e. The number of aromatic hydroxyl groups is 1. The molecular weight excluding hydrogens is 232 g/mol. The van der Waals surface area contributed by atoms with Gasteiger partial charge in [-0.15, -0.1) is 0 Å². The predicted octanol–water partition coefficient (Wildman–Crippen LogP) is 2.40. The Hall–Kier alpha value is -1.55. The molecule has 0 saturated carbocycles. The van der Waals surface area contributed by atoms with Crippen molar-refractivity contribution >= 4 is 5.78 Å². The maximum atomic E-state index is 11.3. The summed E-state index contributed by atoms with van der Waals surface area (Å²) in [7, 11) is 0. The Morgan fingerprint density at radius 2 is 2.11 bits per heavy atom. The lowest BCUT2D eigenvalue weighted by atomic mass is 10.0. The average molecular weight is 250 g/mol. The van der Waals surface area contributed by atoms with E-state index < -0.39 is 0 Å². The van der Waals surface area contributed by atoms with Gasteiger partial charge in [0.2, 0.25) is 0 Å². The number of ketones is 1. The van der Waals surface area contributed by atoms with Gasteiger partial charge >= 0.3 is 0 Å². The van der Waals surface area contributed by atoms with Crippen LogP contribution in [0.5, 0.6) is 11.5 Å². The molecule has 98 valence electrons. The Morgan fingerprint density at radius 1 is 1.39 bits per heavy atom. The minimum atomic E-state index is -0.0817. The van der Waals surface area contributed by atoms with Crippen LogP contribution in [0.4, 0.5) is 0 Å². The number of hydrogen-bond donors (Lipinski definition) is 1. The van der Waals surface area contributed by atoms with E-state index in [9.17, 15) is 9.90 Å². The molecule has 0 unspecified atom stereocenters. The molecule has 1 aliphatic heterocycles. The topological polar surface area (TPSA) is 55.8 Å². The van der Waals surface area contributed by atoms with Gasteiger partial charge in [-0.3, -0.25) is 4.79 Å². The minimum absolute atomic E-state index is 0.0599. The molecule has 1 N–H and O–H groups in total. The number of carbonyl (C=O) groups excluding carboxylic acids is 1. The van der Waals surface area contributed by atoms with Gasteiger partial charge in [0, 0.05) is 24.8 Å². The van der Waals surface area contributed by atoms with Gasteiger partial charge < -0.3 is 14.6 Å². The third-order valence-corrected chi connectivity index (χ3v) is 3.12. The van der Waals surface area contributed by atoms with E-state index in [1.165, 1.54) is 19.1 Å². The smallest absolute Gasteiger partial charge is 0.160 e. The van der Waals surface area contributed by atoms with Crippen molar-refractivity contribution < 1.29 is 19.4 Å². The molecule has 0 bridgehead atoms. The molecule has 1 aliphatic rings. The van der Waals surface area contributed by atoms with Gasteiger partial charge in [-0.2, -0.15) is 0 Å². The first-order valence-corrected chi connectivity index (χ1v) is 6.20. The Labute approximate surface area is 107 Å². The molecule has 0 atom stereocenters. The lowest BCUT2D eigenvalue weighted by molar-refractivity contribution is 0.0497. The van der Waals surface area contributed by atoms with Crippen molar-refractivity contribution in [2.75, 3.05) is 19.8 Å². The van der Waals surface area contributed by atoms with Crippen LogP contribution in [0.3, 0.4) is 0 Å². The molecule has 0 radical (unpaired) electrons. The van der Waals surface area contributed by atoms with Crippen molar-refractivity contribution in [1.29, 1.82) is 0 Å². The average Bonchev–Trinajstić information content (AvgIpc) is 2.37. The molecule has 0 aliphatic carbocycles. The summed E-state index contributed by atoms with van der Waals surface area (Å²) in [5, 5.41) is 9.53. The van der Waals surface area contributed by atoms with Gasteiger partial charge in [0.15, 0.2) is 5.78 Å². The second kappa shape index (κ2) is 5.87. The van der Waals surface area contributed by atoms with Crippen LogP contribution in [0.1, 0.15) is 30.1 Å². The zero-order valence-corrected chi connectivity index (χ0v) is 10.5. The van der Waals surface area contributed by atoms with Crippen LogP contribution in [-0.4, -0.2) is 30.7 Å². The molecule has 0 aromatic heterocycles. The van der Waals surface area contributed by atoms with E-state index in [1.54, 1.807) is 6.07 Å². The lowest BCUT2D eigenvalue weighted by Gasteiger charge is -2.22. The van der Waals surface area contributed by atoms with Crippen LogP contribution in [0.25, 0.3) is 0 Å². The SMILES string of the molecule is CC(=O)c1cc(O)cc(OCC2CCOCC2)c1. The molecule has 18 heavy (non-hydrogen) atoms. The van der Waals surface area contributed by atoms with Gasteiger partial charge in [-0.1, -0.05) is 0 Å². The fourth-order valence-electron chi connectivity index (χ4n) is 2.00. The van der Waals surface area contributed by atoms with Crippen molar-refractivity contribution in [3.63, 3.8) is 0 Å². The molecule has 1 fully saturated rings. The van der Waals surface area contributed by atoms with Crippen LogP contribution in [-0.2, 0) is 4.74 Å². The summed E-state index contributed by atoms with van der Waals surface area (Å²) in [6.07, 6.45) is 2.00. The second-order valence-corrected chi connectivity index (χ2v) is 4.64. The highest BCUT2D eigenvalue weighted by Gasteiger charge is 2.15. The summed E-state index contributed by atoms with van der Waals surface area (Å²) in [6, 6.07) is 4.65. The highest BCUT2D eigenvalue weighted by molar-refractivity contribution is 5.94. The zero-order chi connectivity index (χ0) is 13.0. The number of benzene rings is 1. The molecule has 0 spiro atoms.